The molecule has 0 aliphatic rings. The molecule has 0 atom stereocenters. The van der Waals surface area contributed by atoms with Gasteiger partial charge in [-0.05, 0) is 18.2 Å². The lowest BCUT2D eigenvalue weighted by Gasteiger charge is -2.07. The number of nitriles is 1. The van der Waals surface area contributed by atoms with Gasteiger partial charge in [0.25, 0.3) is 0 Å². The molecule has 90 valence electrons. The normalized spacial score (nSPS) is 9.61. The first-order valence-corrected chi connectivity index (χ1v) is 5.24. The third-order valence-electron chi connectivity index (χ3n) is 2.28. The summed E-state index contributed by atoms with van der Waals surface area (Å²) in [6.45, 7) is 0. The summed E-state index contributed by atoms with van der Waals surface area (Å²) in [6.07, 6.45) is 1.58. The Kier molecular flexibility index (Phi) is 3.39. The molecule has 0 bridgehead atoms. The number of aromatic nitrogens is 1. The number of rotatable bonds is 3. The number of anilines is 1. The molecule has 0 radical (unpaired) electrons. The number of nitrogens with zero attached hydrogens (tertiary/aromatic N) is 2. The number of hydrogen-bond donors (Lipinski definition) is 1. The van der Waals surface area contributed by atoms with Gasteiger partial charge in [-0.3, -0.25) is 0 Å². The van der Waals surface area contributed by atoms with Crippen LogP contribution in [-0.4, -0.2) is 12.0 Å². The van der Waals surface area contributed by atoms with E-state index in [1.54, 1.807) is 37.5 Å². The predicted octanol–water partition coefficient (Wildman–Crippen LogP) is 2.93. The minimum Gasteiger partial charge on any atom is -0.457 e. The van der Waals surface area contributed by atoms with Crippen LogP contribution in [-0.2, 0) is 0 Å². The summed E-state index contributed by atoms with van der Waals surface area (Å²) in [4.78, 5) is 4.04. The molecule has 2 aromatic rings. The predicted molar refractivity (Wildman–Crippen MR) is 65.0 cm³/mol. The molecule has 0 saturated carbocycles. The molecule has 4 nitrogen and oxygen atoms in total. The second-order valence-electron chi connectivity index (χ2n) is 3.48. The maximum atomic E-state index is 13.4. The van der Waals surface area contributed by atoms with Gasteiger partial charge in [0.05, 0.1) is 5.56 Å². The van der Waals surface area contributed by atoms with Crippen molar-refractivity contribution in [3.05, 3.63) is 47.9 Å². The lowest BCUT2D eigenvalue weighted by Crippen LogP contribution is -1.93. The number of ether oxygens (including phenoxy) is 1. The van der Waals surface area contributed by atoms with E-state index < -0.39 is 5.82 Å². The molecule has 18 heavy (non-hydrogen) atoms. The van der Waals surface area contributed by atoms with Crippen LogP contribution in [0.15, 0.2) is 36.5 Å². The average molecular weight is 243 g/mol. The van der Waals surface area contributed by atoms with Gasteiger partial charge in [0.15, 0.2) is 0 Å². The van der Waals surface area contributed by atoms with Crippen LogP contribution in [0.25, 0.3) is 0 Å². The number of pyridine rings is 1. The van der Waals surface area contributed by atoms with Crippen molar-refractivity contribution in [3.63, 3.8) is 0 Å². The molecule has 0 aliphatic heterocycles. The van der Waals surface area contributed by atoms with Crippen molar-refractivity contribution in [2.75, 3.05) is 12.4 Å². The molecule has 1 heterocycles. The summed E-state index contributed by atoms with van der Waals surface area (Å²) in [7, 11) is 1.74. The quantitative estimate of drug-likeness (QED) is 0.900. The third kappa shape index (κ3) is 2.55. The van der Waals surface area contributed by atoms with E-state index in [9.17, 15) is 4.39 Å². The molecule has 1 aromatic carbocycles. The van der Waals surface area contributed by atoms with E-state index in [4.69, 9.17) is 10.00 Å². The van der Waals surface area contributed by atoms with Gasteiger partial charge in [0.1, 0.15) is 29.2 Å². The molecule has 5 heteroatoms. The number of benzene rings is 1. The molecule has 0 unspecified atom stereocenters. The summed E-state index contributed by atoms with van der Waals surface area (Å²) in [5.74, 6) is 0.928. The Hall–Kier alpha value is -2.61. The lowest BCUT2D eigenvalue weighted by molar-refractivity contribution is 0.476. The molecular formula is C13H10FN3O. The van der Waals surface area contributed by atoms with Gasteiger partial charge in [0.2, 0.25) is 0 Å². The van der Waals surface area contributed by atoms with Crippen molar-refractivity contribution in [3.8, 4) is 17.6 Å². The van der Waals surface area contributed by atoms with Crippen molar-refractivity contribution in [1.82, 2.24) is 4.98 Å². The van der Waals surface area contributed by atoms with Gasteiger partial charge >= 0.3 is 0 Å². The van der Waals surface area contributed by atoms with E-state index in [0.29, 0.717) is 17.3 Å². The molecule has 0 amide bonds. The summed E-state index contributed by atoms with van der Waals surface area (Å²) >= 11 is 0. The van der Waals surface area contributed by atoms with Crippen molar-refractivity contribution in [2.24, 2.45) is 0 Å². The maximum Gasteiger partial charge on any atom is 0.144 e. The van der Waals surface area contributed by atoms with Crippen LogP contribution in [0.5, 0.6) is 11.5 Å². The van der Waals surface area contributed by atoms with Gasteiger partial charge < -0.3 is 10.1 Å². The van der Waals surface area contributed by atoms with Gasteiger partial charge in [-0.1, -0.05) is 0 Å². The molecule has 0 aliphatic carbocycles. The first-order chi connectivity index (χ1) is 8.72. The molecule has 0 saturated heterocycles. The van der Waals surface area contributed by atoms with Crippen LogP contribution in [0.1, 0.15) is 5.56 Å². The van der Waals surface area contributed by atoms with Crippen LogP contribution in [0.2, 0.25) is 0 Å². The van der Waals surface area contributed by atoms with Gasteiger partial charge in [-0.2, -0.15) is 5.26 Å². The van der Waals surface area contributed by atoms with E-state index in [1.807, 2.05) is 0 Å². The Labute approximate surface area is 104 Å². The highest BCUT2D eigenvalue weighted by molar-refractivity contribution is 5.43. The van der Waals surface area contributed by atoms with Crippen LogP contribution in [0.4, 0.5) is 10.2 Å². The first-order valence-electron chi connectivity index (χ1n) is 5.24. The third-order valence-corrected chi connectivity index (χ3v) is 2.28. The van der Waals surface area contributed by atoms with E-state index in [1.165, 1.54) is 12.1 Å². The summed E-state index contributed by atoms with van der Waals surface area (Å²) in [5, 5.41) is 11.5. The Morgan fingerprint density at radius 1 is 1.28 bits per heavy atom. The van der Waals surface area contributed by atoms with Crippen molar-refractivity contribution < 1.29 is 9.13 Å². The van der Waals surface area contributed by atoms with E-state index in [0.717, 1.165) is 0 Å². The van der Waals surface area contributed by atoms with Crippen molar-refractivity contribution in [1.29, 1.82) is 5.26 Å². The molecule has 0 spiro atoms. The number of nitrogens with one attached hydrogen (secondary N) is 1. The fourth-order valence-electron chi connectivity index (χ4n) is 1.40. The monoisotopic (exact) mass is 243 g/mol. The molecule has 2 rings (SSSR count). The second kappa shape index (κ2) is 5.15. The zero-order valence-corrected chi connectivity index (χ0v) is 9.64. The van der Waals surface area contributed by atoms with E-state index in [2.05, 4.69) is 10.3 Å². The Morgan fingerprint density at radius 3 is 2.72 bits per heavy atom. The van der Waals surface area contributed by atoms with Crippen LogP contribution < -0.4 is 10.1 Å². The summed E-state index contributed by atoms with van der Waals surface area (Å²) < 4.78 is 18.8. The fourth-order valence-corrected chi connectivity index (χ4v) is 1.40. The Bertz CT molecular complexity index is 607. The van der Waals surface area contributed by atoms with Gasteiger partial charge in [0, 0.05) is 25.4 Å². The highest BCUT2D eigenvalue weighted by Gasteiger charge is 2.05. The highest BCUT2D eigenvalue weighted by Crippen LogP contribution is 2.24. The zero-order valence-electron chi connectivity index (χ0n) is 9.64. The topological polar surface area (TPSA) is 57.9 Å². The Balaban J connectivity index is 2.23. The standard InChI is InChI=1S/C13H10FN3O/c1-16-13-7-11(4-5-17-13)18-10-3-2-9(8-15)12(14)6-10/h2-7H,1H3,(H,16,17). The van der Waals surface area contributed by atoms with Crippen LogP contribution in [0, 0.1) is 17.1 Å². The van der Waals surface area contributed by atoms with Crippen molar-refractivity contribution >= 4 is 5.82 Å². The average Bonchev–Trinajstić information content (AvgIpc) is 2.39. The zero-order chi connectivity index (χ0) is 13.0. The van der Waals surface area contributed by atoms with Gasteiger partial charge in [-0.15, -0.1) is 0 Å². The SMILES string of the molecule is CNc1cc(Oc2ccc(C#N)c(F)c2)ccn1. The largest absolute Gasteiger partial charge is 0.457 e. The van der Waals surface area contributed by atoms with Crippen LogP contribution in [0.3, 0.4) is 0 Å². The summed E-state index contributed by atoms with van der Waals surface area (Å²) in [5.41, 5.74) is -0.00649. The minimum atomic E-state index is -0.599. The minimum absolute atomic E-state index is 0.00649. The number of hydrogen-bond acceptors (Lipinski definition) is 4. The van der Waals surface area contributed by atoms with Crippen molar-refractivity contribution in [2.45, 2.75) is 0 Å². The lowest BCUT2D eigenvalue weighted by atomic mass is 10.2. The molecule has 1 N–H and O–H groups in total. The van der Waals surface area contributed by atoms with E-state index in [-0.39, 0.29) is 5.56 Å². The highest BCUT2D eigenvalue weighted by atomic mass is 19.1. The molecular weight excluding hydrogens is 233 g/mol. The fraction of sp³-hybridized carbons (Fsp3) is 0.0769. The second-order valence-corrected chi connectivity index (χ2v) is 3.48. The van der Waals surface area contributed by atoms with Crippen LogP contribution >= 0.6 is 0 Å². The number of halogens is 1. The molecule has 0 fully saturated rings. The van der Waals surface area contributed by atoms with Gasteiger partial charge in [-0.25, -0.2) is 9.37 Å². The smallest absolute Gasteiger partial charge is 0.144 e. The van der Waals surface area contributed by atoms with E-state index >= 15 is 0 Å². The maximum absolute atomic E-state index is 13.4. The molecule has 1 aromatic heterocycles. The first kappa shape index (κ1) is 11.9. The Morgan fingerprint density at radius 2 is 2.06 bits per heavy atom. The summed E-state index contributed by atoms with van der Waals surface area (Å²) in [6, 6.07) is 9.21.